The second kappa shape index (κ2) is 5.87. The molecule has 5 nitrogen and oxygen atoms in total. The molecule has 1 unspecified atom stereocenters. The number of methoxy groups -OCH3 is 1. The molecule has 3 aromatic rings. The molecule has 106 valence electrons. The van der Waals surface area contributed by atoms with Crippen LogP contribution in [0.2, 0.25) is 0 Å². The predicted molar refractivity (Wildman–Crippen MR) is 81.7 cm³/mol. The van der Waals surface area contributed by atoms with Gasteiger partial charge in [-0.2, -0.15) is 0 Å². The van der Waals surface area contributed by atoms with Crippen LogP contribution in [0.3, 0.4) is 0 Å². The Morgan fingerprint density at radius 2 is 1.81 bits per heavy atom. The highest BCUT2D eigenvalue weighted by Crippen LogP contribution is 2.24. The number of hydrogen-bond acceptors (Lipinski definition) is 5. The third-order valence-corrected chi connectivity index (χ3v) is 3.44. The van der Waals surface area contributed by atoms with E-state index in [1.54, 1.807) is 13.2 Å². The zero-order chi connectivity index (χ0) is 14.7. The molecule has 1 aromatic heterocycles. The van der Waals surface area contributed by atoms with Gasteiger partial charge < -0.3 is 4.74 Å². The van der Waals surface area contributed by atoms with Crippen molar-refractivity contribution in [2.75, 3.05) is 7.11 Å². The summed E-state index contributed by atoms with van der Waals surface area (Å²) < 4.78 is 5.02. The lowest BCUT2D eigenvalue weighted by Gasteiger charge is -2.16. The van der Waals surface area contributed by atoms with Crippen molar-refractivity contribution in [3.05, 3.63) is 65.9 Å². The maximum atomic E-state index is 5.70. The summed E-state index contributed by atoms with van der Waals surface area (Å²) in [6, 6.07) is 17.8. The molecule has 0 aliphatic carbocycles. The van der Waals surface area contributed by atoms with E-state index in [1.165, 1.54) is 5.39 Å². The molecule has 1 atom stereocenters. The molecule has 1 heterocycles. The molecule has 3 N–H and O–H groups in total. The monoisotopic (exact) mass is 280 g/mol. The molecule has 0 spiro atoms. The van der Waals surface area contributed by atoms with Gasteiger partial charge in [0.15, 0.2) is 0 Å². The van der Waals surface area contributed by atoms with Crippen molar-refractivity contribution in [3.63, 3.8) is 0 Å². The highest BCUT2D eigenvalue weighted by Gasteiger charge is 2.15. The van der Waals surface area contributed by atoms with Crippen LogP contribution in [0.4, 0.5) is 0 Å². The lowest BCUT2D eigenvalue weighted by molar-refractivity contribution is 0.390. The molecule has 3 rings (SSSR count). The molecule has 0 aliphatic rings. The normalized spacial score (nSPS) is 12.3. The first-order chi connectivity index (χ1) is 10.3. The van der Waals surface area contributed by atoms with E-state index < -0.39 is 0 Å². The number of hydrazine groups is 1. The van der Waals surface area contributed by atoms with E-state index in [-0.39, 0.29) is 6.04 Å². The Morgan fingerprint density at radius 3 is 2.48 bits per heavy atom. The van der Waals surface area contributed by atoms with Crippen LogP contribution >= 0.6 is 0 Å². The van der Waals surface area contributed by atoms with Gasteiger partial charge in [0.1, 0.15) is 0 Å². The van der Waals surface area contributed by atoms with E-state index in [0.29, 0.717) is 5.88 Å². The van der Waals surface area contributed by atoms with Gasteiger partial charge in [-0.05, 0) is 28.5 Å². The lowest BCUT2D eigenvalue weighted by atomic mass is 10.00. The Kier molecular flexibility index (Phi) is 3.77. The molecule has 0 radical (unpaired) electrons. The van der Waals surface area contributed by atoms with Crippen LogP contribution in [0.1, 0.15) is 17.3 Å². The van der Waals surface area contributed by atoms with Crippen LogP contribution in [-0.2, 0) is 0 Å². The summed E-state index contributed by atoms with van der Waals surface area (Å²) in [5.41, 5.74) is 4.58. The minimum absolute atomic E-state index is 0.215. The molecular formula is C16H16N4O. The van der Waals surface area contributed by atoms with Gasteiger partial charge in [0.25, 0.3) is 0 Å². The Balaban J connectivity index is 2.00. The second-order valence-electron chi connectivity index (χ2n) is 4.71. The van der Waals surface area contributed by atoms with Crippen molar-refractivity contribution in [2.24, 2.45) is 5.84 Å². The fraction of sp³-hybridized carbons (Fsp3) is 0.125. The number of benzene rings is 2. The average molecular weight is 280 g/mol. The van der Waals surface area contributed by atoms with Gasteiger partial charge in [0.2, 0.25) is 5.88 Å². The Labute approximate surface area is 122 Å². The van der Waals surface area contributed by atoms with Gasteiger partial charge in [-0.3, -0.25) is 5.84 Å². The van der Waals surface area contributed by atoms with E-state index in [1.807, 2.05) is 24.3 Å². The van der Waals surface area contributed by atoms with E-state index in [9.17, 15) is 0 Å². The van der Waals surface area contributed by atoms with E-state index in [2.05, 4.69) is 39.9 Å². The molecule has 2 aromatic carbocycles. The molecule has 0 aliphatic heterocycles. The zero-order valence-corrected chi connectivity index (χ0v) is 11.7. The van der Waals surface area contributed by atoms with Gasteiger partial charge in [-0.25, -0.2) is 5.43 Å². The van der Waals surface area contributed by atoms with Crippen molar-refractivity contribution in [3.8, 4) is 5.88 Å². The molecule has 0 fully saturated rings. The van der Waals surface area contributed by atoms with E-state index >= 15 is 0 Å². The highest BCUT2D eigenvalue weighted by atomic mass is 16.5. The number of aromatic nitrogens is 2. The summed E-state index contributed by atoms with van der Waals surface area (Å²) in [7, 11) is 1.56. The van der Waals surface area contributed by atoms with Gasteiger partial charge in [-0.15, -0.1) is 10.2 Å². The maximum absolute atomic E-state index is 5.70. The summed E-state index contributed by atoms with van der Waals surface area (Å²) in [4.78, 5) is 0. The molecule has 0 amide bonds. The number of ether oxygens (including phenoxy) is 1. The van der Waals surface area contributed by atoms with E-state index in [4.69, 9.17) is 10.6 Å². The standard InChI is InChI=1S/C16H16N4O/c1-21-15-9-8-14(19-20-15)16(18-17)13-7-6-11-4-2-3-5-12(11)10-13/h2-10,16,18H,17H2,1H3. The smallest absolute Gasteiger partial charge is 0.233 e. The lowest BCUT2D eigenvalue weighted by Crippen LogP contribution is -2.29. The minimum atomic E-state index is -0.215. The SMILES string of the molecule is COc1ccc(C(NN)c2ccc3ccccc3c2)nn1. The Morgan fingerprint density at radius 1 is 1.00 bits per heavy atom. The molecule has 0 saturated carbocycles. The third-order valence-electron chi connectivity index (χ3n) is 3.44. The molecule has 0 saturated heterocycles. The number of nitrogens with two attached hydrogens (primary N) is 1. The number of hydrogen-bond donors (Lipinski definition) is 2. The topological polar surface area (TPSA) is 73.1 Å². The number of fused-ring (bicyclic) bond motifs is 1. The van der Waals surface area contributed by atoms with Crippen LogP contribution in [-0.4, -0.2) is 17.3 Å². The Hall–Kier alpha value is -2.50. The van der Waals surface area contributed by atoms with Crippen LogP contribution in [0.15, 0.2) is 54.6 Å². The number of nitrogens with zero attached hydrogens (tertiary/aromatic N) is 2. The maximum Gasteiger partial charge on any atom is 0.233 e. The zero-order valence-electron chi connectivity index (χ0n) is 11.7. The number of rotatable bonds is 4. The van der Waals surface area contributed by atoms with Crippen molar-refractivity contribution >= 4 is 10.8 Å². The molecule has 0 bridgehead atoms. The van der Waals surface area contributed by atoms with Crippen molar-refractivity contribution in [1.82, 2.24) is 15.6 Å². The summed E-state index contributed by atoms with van der Waals surface area (Å²) in [5.74, 6) is 6.18. The van der Waals surface area contributed by atoms with Gasteiger partial charge in [-0.1, -0.05) is 36.4 Å². The first-order valence-electron chi connectivity index (χ1n) is 6.64. The van der Waals surface area contributed by atoms with Crippen LogP contribution < -0.4 is 16.0 Å². The quantitative estimate of drug-likeness (QED) is 0.566. The molecular weight excluding hydrogens is 264 g/mol. The highest BCUT2D eigenvalue weighted by molar-refractivity contribution is 5.83. The predicted octanol–water partition coefficient (Wildman–Crippen LogP) is 2.19. The van der Waals surface area contributed by atoms with Crippen LogP contribution in [0.5, 0.6) is 5.88 Å². The fourth-order valence-corrected chi connectivity index (χ4v) is 2.33. The third kappa shape index (κ3) is 2.69. The summed E-state index contributed by atoms with van der Waals surface area (Å²) in [5, 5.41) is 10.5. The number of nitrogens with one attached hydrogen (secondary N) is 1. The van der Waals surface area contributed by atoms with Crippen molar-refractivity contribution < 1.29 is 4.74 Å². The van der Waals surface area contributed by atoms with Crippen LogP contribution in [0, 0.1) is 0 Å². The Bertz CT molecular complexity index is 743. The van der Waals surface area contributed by atoms with Gasteiger partial charge >= 0.3 is 0 Å². The molecule has 5 heteroatoms. The first kappa shape index (κ1) is 13.5. The van der Waals surface area contributed by atoms with Crippen molar-refractivity contribution in [1.29, 1.82) is 0 Å². The van der Waals surface area contributed by atoms with E-state index in [0.717, 1.165) is 16.6 Å². The first-order valence-corrected chi connectivity index (χ1v) is 6.64. The second-order valence-corrected chi connectivity index (χ2v) is 4.71. The summed E-state index contributed by atoms with van der Waals surface area (Å²) in [6.07, 6.45) is 0. The molecule has 21 heavy (non-hydrogen) atoms. The largest absolute Gasteiger partial charge is 0.480 e. The minimum Gasteiger partial charge on any atom is -0.480 e. The van der Waals surface area contributed by atoms with Crippen molar-refractivity contribution in [2.45, 2.75) is 6.04 Å². The average Bonchev–Trinajstić information content (AvgIpc) is 2.56. The fourth-order valence-electron chi connectivity index (χ4n) is 2.33. The van der Waals surface area contributed by atoms with Gasteiger partial charge in [0, 0.05) is 6.07 Å². The summed E-state index contributed by atoms with van der Waals surface area (Å²) >= 11 is 0. The summed E-state index contributed by atoms with van der Waals surface area (Å²) in [6.45, 7) is 0. The van der Waals surface area contributed by atoms with Crippen LogP contribution in [0.25, 0.3) is 10.8 Å². The van der Waals surface area contributed by atoms with Gasteiger partial charge in [0.05, 0.1) is 18.8 Å².